The molecule has 0 aromatic heterocycles. The number of hydrogen-bond donors (Lipinski definition) is 0. The van der Waals surface area contributed by atoms with Gasteiger partial charge in [-0.25, -0.2) is 4.79 Å². The number of nitrogens with zero attached hydrogens (tertiary/aromatic N) is 1. The summed E-state index contributed by atoms with van der Waals surface area (Å²) in [6.07, 6.45) is 0.367. The maximum Gasteiger partial charge on any atom is 0.410 e. The van der Waals surface area contributed by atoms with Crippen LogP contribution < -0.4 is 0 Å². The zero-order valence-corrected chi connectivity index (χ0v) is 12.5. The molecule has 106 valence electrons. The maximum absolute atomic E-state index is 12.0. The lowest BCUT2D eigenvalue weighted by atomic mass is 10.0. The van der Waals surface area contributed by atoms with Gasteiger partial charge in [-0.1, -0.05) is 18.4 Å². The number of rotatable bonds is 1. The zero-order valence-electron chi connectivity index (χ0n) is 12.5. The summed E-state index contributed by atoms with van der Waals surface area (Å²) in [6.45, 7) is 12.2. The number of amides is 1. The molecule has 1 saturated heterocycles. The molecule has 1 rings (SSSR count). The lowest BCUT2D eigenvalue weighted by Gasteiger charge is -2.26. The number of hydrogen-bond acceptors (Lipinski definition) is 3. The first-order valence-electron chi connectivity index (χ1n) is 6.39. The highest BCUT2D eigenvalue weighted by atomic mass is 16.6. The fourth-order valence-electron chi connectivity index (χ4n) is 1.80. The second-order valence-corrected chi connectivity index (χ2v) is 5.88. The van der Waals surface area contributed by atoms with Crippen LogP contribution in [0.25, 0.3) is 0 Å². The van der Waals surface area contributed by atoms with E-state index in [-0.39, 0.29) is 6.09 Å². The average Bonchev–Trinajstić information content (AvgIpc) is 2.69. The molecule has 1 heterocycles. The molecule has 0 aliphatic carbocycles. The minimum absolute atomic E-state index is 0.316. The average molecular weight is 265 g/mol. The van der Waals surface area contributed by atoms with Crippen molar-refractivity contribution in [2.75, 3.05) is 20.2 Å². The Bertz CT molecular complexity index is 425. The highest BCUT2D eigenvalue weighted by Crippen LogP contribution is 2.25. The molecule has 1 unspecified atom stereocenters. The van der Waals surface area contributed by atoms with E-state index in [0.29, 0.717) is 19.5 Å². The molecule has 1 aliphatic rings. The van der Waals surface area contributed by atoms with Gasteiger partial charge in [0.05, 0.1) is 6.54 Å². The monoisotopic (exact) mass is 265 g/mol. The summed E-state index contributed by atoms with van der Waals surface area (Å²) < 4.78 is 10.8. The topological polar surface area (TPSA) is 38.8 Å². The molecule has 0 aromatic carbocycles. The highest BCUT2D eigenvalue weighted by molar-refractivity contribution is 5.69. The van der Waals surface area contributed by atoms with Gasteiger partial charge in [-0.15, -0.1) is 0 Å². The fraction of sp³-hybridized carbons (Fsp3) is 0.667. The van der Waals surface area contributed by atoms with Gasteiger partial charge in [0.1, 0.15) is 11.2 Å². The van der Waals surface area contributed by atoms with Crippen molar-refractivity contribution in [2.24, 2.45) is 0 Å². The summed E-state index contributed by atoms with van der Waals surface area (Å²) in [5.74, 6) is 6.01. The van der Waals surface area contributed by atoms with Crippen LogP contribution in [-0.4, -0.2) is 42.4 Å². The summed E-state index contributed by atoms with van der Waals surface area (Å²) >= 11 is 0. The van der Waals surface area contributed by atoms with Crippen LogP contribution in [0.2, 0.25) is 0 Å². The summed E-state index contributed by atoms with van der Waals surface area (Å²) in [4.78, 5) is 13.6. The number of ether oxygens (including phenoxy) is 2. The van der Waals surface area contributed by atoms with Crippen molar-refractivity contribution in [1.29, 1.82) is 0 Å². The van der Waals surface area contributed by atoms with Gasteiger partial charge in [0, 0.05) is 20.1 Å². The van der Waals surface area contributed by atoms with E-state index in [1.807, 2.05) is 27.7 Å². The third-order valence-corrected chi connectivity index (χ3v) is 2.78. The van der Waals surface area contributed by atoms with Gasteiger partial charge in [0.15, 0.2) is 0 Å². The van der Waals surface area contributed by atoms with Crippen molar-refractivity contribution < 1.29 is 14.3 Å². The molecule has 0 radical (unpaired) electrons. The molecule has 4 nitrogen and oxygen atoms in total. The van der Waals surface area contributed by atoms with Crippen LogP contribution in [0.15, 0.2) is 12.2 Å². The van der Waals surface area contributed by atoms with Crippen molar-refractivity contribution in [3.05, 3.63) is 12.2 Å². The minimum atomic E-state index is -0.601. The van der Waals surface area contributed by atoms with E-state index in [0.717, 1.165) is 5.57 Å². The SMILES string of the molecule is C=C(C)C#CC1(OC)CCN(C(=O)OC(C)(C)C)C1. The molecule has 1 atom stereocenters. The summed E-state index contributed by atoms with van der Waals surface area (Å²) in [6, 6.07) is 0. The van der Waals surface area contributed by atoms with E-state index in [4.69, 9.17) is 9.47 Å². The Morgan fingerprint density at radius 3 is 2.53 bits per heavy atom. The van der Waals surface area contributed by atoms with E-state index < -0.39 is 11.2 Å². The third-order valence-electron chi connectivity index (χ3n) is 2.78. The Balaban J connectivity index is 2.73. The maximum atomic E-state index is 12.0. The molecule has 0 aromatic rings. The first-order valence-corrected chi connectivity index (χ1v) is 6.39. The van der Waals surface area contributed by atoms with Gasteiger partial charge in [0.2, 0.25) is 0 Å². The summed E-state index contributed by atoms with van der Waals surface area (Å²) in [5.41, 5.74) is -0.304. The number of likely N-dealkylation sites (tertiary alicyclic amines) is 1. The second kappa shape index (κ2) is 5.66. The smallest absolute Gasteiger partial charge is 0.410 e. The molecule has 0 bridgehead atoms. The lowest BCUT2D eigenvalue weighted by molar-refractivity contribution is 0.0168. The van der Waals surface area contributed by atoms with Crippen LogP contribution in [0.3, 0.4) is 0 Å². The van der Waals surface area contributed by atoms with Crippen molar-refractivity contribution in [3.8, 4) is 11.8 Å². The molecular weight excluding hydrogens is 242 g/mol. The minimum Gasteiger partial charge on any atom is -0.444 e. The van der Waals surface area contributed by atoms with E-state index in [1.54, 1.807) is 12.0 Å². The van der Waals surface area contributed by atoms with Crippen LogP contribution in [0.5, 0.6) is 0 Å². The first kappa shape index (κ1) is 15.6. The second-order valence-electron chi connectivity index (χ2n) is 5.88. The van der Waals surface area contributed by atoms with E-state index in [2.05, 4.69) is 18.4 Å². The fourth-order valence-corrected chi connectivity index (χ4v) is 1.80. The van der Waals surface area contributed by atoms with Crippen LogP contribution in [-0.2, 0) is 9.47 Å². The highest BCUT2D eigenvalue weighted by Gasteiger charge is 2.40. The molecule has 1 fully saturated rings. The number of carbonyl (C=O) groups excluding carboxylic acids is 1. The molecule has 0 N–H and O–H groups in total. The Hall–Kier alpha value is -1.47. The largest absolute Gasteiger partial charge is 0.444 e. The Morgan fingerprint density at radius 1 is 1.42 bits per heavy atom. The Kier molecular flexibility index (Phi) is 4.65. The van der Waals surface area contributed by atoms with Crippen LogP contribution in [0.4, 0.5) is 4.79 Å². The molecule has 1 amide bonds. The van der Waals surface area contributed by atoms with Crippen molar-refractivity contribution in [1.82, 2.24) is 4.90 Å². The molecule has 1 aliphatic heterocycles. The summed E-state index contributed by atoms with van der Waals surface area (Å²) in [7, 11) is 1.62. The first-order chi connectivity index (χ1) is 8.67. The normalized spacial score (nSPS) is 22.7. The zero-order chi connectivity index (χ0) is 14.7. The molecule has 19 heavy (non-hydrogen) atoms. The molecule has 4 heteroatoms. The van der Waals surface area contributed by atoms with Gasteiger partial charge < -0.3 is 14.4 Å². The standard InChI is InChI=1S/C15H23NO3/c1-12(2)7-8-15(18-6)9-10-16(11-15)13(17)19-14(3,4)5/h1,9-11H2,2-6H3. The molecular formula is C15H23NO3. The van der Waals surface area contributed by atoms with Crippen LogP contribution in [0, 0.1) is 11.8 Å². The van der Waals surface area contributed by atoms with E-state index >= 15 is 0 Å². The Morgan fingerprint density at radius 2 is 2.05 bits per heavy atom. The predicted octanol–water partition coefficient (Wildman–Crippen LogP) is 2.59. The van der Waals surface area contributed by atoms with Gasteiger partial charge in [-0.2, -0.15) is 0 Å². The Labute approximate surface area is 115 Å². The lowest BCUT2D eigenvalue weighted by Crippen LogP contribution is -2.39. The van der Waals surface area contributed by atoms with Crippen LogP contribution in [0.1, 0.15) is 34.1 Å². The molecule has 0 saturated carbocycles. The van der Waals surface area contributed by atoms with Gasteiger partial charge in [-0.3, -0.25) is 0 Å². The van der Waals surface area contributed by atoms with Gasteiger partial charge in [0.25, 0.3) is 0 Å². The van der Waals surface area contributed by atoms with Crippen molar-refractivity contribution in [2.45, 2.75) is 45.3 Å². The van der Waals surface area contributed by atoms with Crippen molar-refractivity contribution >= 4 is 6.09 Å². The summed E-state index contributed by atoms with van der Waals surface area (Å²) in [5, 5.41) is 0. The number of carbonyl (C=O) groups is 1. The molecule has 0 spiro atoms. The van der Waals surface area contributed by atoms with Gasteiger partial charge in [-0.05, 0) is 33.3 Å². The van der Waals surface area contributed by atoms with E-state index in [1.165, 1.54) is 0 Å². The third kappa shape index (κ3) is 4.60. The van der Waals surface area contributed by atoms with E-state index in [9.17, 15) is 4.79 Å². The predicted molar refractivity (Wildman–Crippen MR) is 74.8 cm³/mol. The van der Waals surface area contributed by atoms with Crippen molar-refractivity contribution in [3.63, 3.8) is 0 Å². The quantitative estimate of drug-likeness (QED) is 0.684. The number of allylic oxidation sites excluding steroid dienone is 1. The number of methoxy groups -OCH3 is 1. The van der Waals surface area contributed by atoms with Crippen LogP contribution >= 0.6 is 0 Å². The van der Waals surface area contributed by atoms with Gasteiger partial charge >= 0.3 is 6.09 Å².